The minimum Gasteiger partial charge on any atom is -0.504 e. The number of halogens is 1. The topological polar surface area (TPSA) is 127 Å². The Morgan fingerprint density at radius 1 is 0.897 bits per heavy atom. The maximum Gasteiger partial charge on any atom is 0.340 e. The van der Waals surface area contributed by atoms with Gasteiger partial charge in [0, 0.05) is 17.0 Å². The number of rotatable bonds is 6. The van der Waals surface area contributed by atoms with E-state index in [0.29, 0.717) is 10.0 Å². The maximum absolute atomic E-state index is 12.8. The molecule has 0 heterocycles. The number of hydrogen-bond acceptors (Lipinski definition) is 8. The highest BCUT2D eigenvalue weighted by Crippen LogP contribution is 2.45. The van der Waals surface area contributed by atoms with E-state index >= 15 is 0 Å². The van der Waals surface area contributed by atoms with Gasteiger partial charge in [-0.2, -0.15) is 0 Å². The Morgan fingerprint density at radius 2 is 1.48 bits per heavy atom. The minimum absolute atomic E-state index is 0.209. The number of ketones is 2. The molecule has 0 radical (unpaired) electrons. The molecule has 29 heavy (non-hydrogen) atoms. The third-order valence-corrected chi connectivity index (χ3v) is 4.65. The molecule has 2 aromatic carbocycles. The highest BCUT2D eigenvalue weighted by molar-refractivity contribution is 9.10. The third kappa shape index (κ3) is 4.62. The second kappa shape index (κ2) is 8.87. The first-order valence-corrected chi connectivity index (χ1v) is 9.08. The summed E-state index contributed by atoms with van der Waals surface area (Å²) in [5.74, 6) is -6.33. The van der Waals surface area contributed by atoms with Gasteiger partial charge in [-0.15, -0.1) is 0 Å². The van der Waals surface area contributed by atoms with Crippen LogP contribution in [0.2, 0.25) is 0 Å². The molecule has 2 aromatic rings. The van der Waals surface area contributed by atoms with E-state index in [9.17, 15) is 29.4 Å². The van der Waals surface area contributed by atoms with Gasteiger partial charge in [0.05, 0.1) is 16.7 Å². The lowest BCUT2D eigenvalue weighted by Gasteiger charge is -2.18. The van der Waals surface area contributed by atoms with Crippen LogP contribution < -0.4 is 4.74 Å². The highest BCUT2D eigenvalue weighted by Gasteiger charge is 2.34. The summed E-state index contributed by atoms with van der Waals surface area (Å²) in [5.41, 5.74) is -1.14. The first-order chi connectivity index (χ1) is 13.6. The molecule has 8 nitrogen and oxygen atoms in total. The summed E-state index contributed by atoms with van der Waals surface area (Å²) in [6.45, 7) is 2.88. The van der Waals surface area contributed by atoms with Crippen molar-refractivity contribution in [1.29, 1.82) is 0 Å². The van der Waals surface area contributed by atoms with Crippen LogP contribution >= 0.6 is 15.9 Å². The number of carbonyl (C=O) groups is 4. The normalized spacial score (nSPS) is 10.3. The van der Waals surface area contributed by atoms with Crippen molar-refractivity contribution >= 4 is 39.4 Å². The molecule has 0 unspecified atom stereocenters. The number of phenols is 2. The molecule has 0 atom stereocenters. The predicted molar refractivity (Wildman–Crippen MR) is 104 cm³/mol. The molecule has 2 N–H and O–H groups in total. The van der Waals surface area contributed by atoms with Gasteiger partial charge >= 0.3 is 11.9 Å². The van der Waals surface area contributed by atoms with Crippen LogP contribution in [-0.2, 0) is 16.1 Å². The quantitative estimate of drug-likeness (QED) is 0.287. The van der Waals surface area contributed by atoms with Gasteiger partial charge in [-0.25, -0.2) is 4.79 Å². The zero-order valence-electron chi connectivity index (χ0n) is 15.7. The SMILES string of the molecule is CC(=O)Oc1c(O)c(O)c(C(C)=O)c(C(=O)OCc2ccccc2Br)c1C(C)=O. The van der Waals surface area contributed by atoms with E-state index < -0.39 is 57.4 Å². The van der Waals surface area contributed by atoms with E-state index in [2.05, 4.69) is 15.9 Å². The standard InChI is InChI=1S/C20H17BrO8/c1-9(22)14-16(20(27)28-8-12-6-4-5-7-13(12)21)15(10(2)23)19(29-11(3)24)18(26)17(14)25/h4-7,25-26H,8H2,1-3H3. The Bertz CT molecular complexity index is 1030. The number of esters is 2. The summed E-state index contributed by atoms with van der Waals surface area (Å²) in [5, 5.41) is 20.4. The van der Waals surface area contributed by atoms with Crippen molar-refractivity contribution < 1.29 is 38.9 Å². The van der Waals surface area contributed by atoms with Crippen molar-refractivity contribution in [3.63, 3.8) is 0 Å². The monoisotopic (exact) mass is 464 g/mol. The van der Waals surface area contributed by atoms with Gasteiger partial charge in [0.1, 0.15) is 6.61 Å². The maximum atomic E-state index is 12.8. The zero-order valence-corrected chi connectivity index (χ0v) is 17.3. The summed E-state index contributed by atoms with van der Waals surface area (Å²) in [4.78, 5) is 48.5. The first-order valence-electron chi connectivity index (χ1n) is 8.28. The number of benzene rings is 2. The fourth-order valence-electron chi connectivity index (χ4n) is 2.66. The van der Waals surface area contributed by atoms with Gasteiger partial charge in [0.25, 0.3) is 0 Å². The van der Waals surface area contributed by atoms with Crippen molar-refractivity contribution in [2.75, 3.05) is 0 Å². The second-order valence-electron chi connectivity index (χ2n) is 6.02. The molecule has 2 rings (SSSR count). The largest absolute Gasteiger partial charge is 0.504 e. The molecule has 0 aromatic heterocycles. The van der Waals surface area contributed by atoms with Gasteiger partial charge in [0.2, 0.25) is 5.75 Å². The number of ether oxygens (including phenoxy) is 2. The molecular formula is C20H17BrO8. The van der Waals surface area contributed by atoms with Crippen LogP contribution in [0.4, 0.5) is 0 Å². The summed E-state index contributed by atoms with van der Waals surface area (Å²) in [7, 11) is 0. The van der Waals surface area contributed by atoms with E-state index in [4.69, 9.17) is 9.47 Å². The summed E-state index contributed by atoms with van der Waals surface area (Å²) < 4.78 is 10.7. The molecule has 9 heteroatoms. The van der Waals surface area contributed by atoms with E-state index in [1.165, 1.54) is 0 Å². The Hall–Kier alpha value is -3.20. The molecule has 0 amide bonds. The molecular weight excluding hydrogens is 448 g/mol. The van der Waals surface area contributed by atoms with E-state index in [1.54, 1.807) is 24.3 Å². The predicted octanol–water partition coefficient (Wildman–Crippen LogP) is 3.55. The first kappa shape index (κ1) is 22.1. The lowest BCUT2D eigenvalue weighted by molar-refractivity contribution is -0.132. The highest BCUT2D eigenvalue weighted by atomic mass is 79.9. The fourth-order valence-corrected chi connectivity index (χ4v) is 3.06. The van der Waals surface area contributed by atoms with Crippen LogP contribution in [0.15, 0.2) is 28.7 Å². The van der Waals surface area contributed by atoms with Crippen LogP contribution in [0.3, 0.4) is 0 Å². The molecule has 0 saturated heterocycles. The Morgan fingerprint density at radius 3 is 2.00 bits per heavy atom. The number of aromatic hydroxyl groups is 2. The van der Waals surface area contributed by atoms with E-state index in [-0.39, 0.29) is 6.61 Å². The van der Waals surface area contributed by atoms with Crippen LogP contribution in [0.1, 0.15) is 57.4 Å². The van der Waals surface area contributed by atoms with Crippen LogP contribution in [-0.4, -0.2) is 33.7 Å². The summed E-state index contributed by atoms with van der Waals surface area (Å²) in [6.07, 6.45) is 0. The lowest BCUT2D eigenvalue weighted by atomic mass is 9.93. The Balaban J connectivity index is 2.66. The zero-order chi connectivity index (χ0) is 21.9. The Labute approximate surface area is 174 Å². The van der Waals surface area contributed by atoms with Crippen molar-refractivity contribution in [2.45, 2.75) is 27.4 Å². The summed E-state index contributed by atoms with van der Waals surface area (Å²) >= 11 is 3.31. The molecule has 0 fully saturated rings. The molecule has 0 spiro atoms. The van der Waals surface area contributed by atoms with Crippen molar-refractivity contribution in [2.24, 2.45) is 0 Å². The van der Waals surface area contributed by atoms with Gasteiger partial charge in [-0.05, 0) is 19.9 Å². The number of Topliss-reactive ketones (excluding diaryl/α,β-unsaturated/α-hetero) is 2. The van der Waals surface area contributed by atoms with Gasteiger partial charge in [0.15, 0.2) is 23.1 Å². The Kier molecular flexibility index (Phi) is 6.76. The fraction of sp³-hybridized carbons (Fsp3) is 0.200. The van der Waals surface area contributed by atoms with E-state index in [1.807, 2.05) is 0 Å². The molecule has 0 aliphatic heterocycles. The van der Waals surface area contributed by atoms with E-state index in [0.717, 1.165) is 20.8 Å². The molecule has 152 valence electrons. The molecule has 0 aliphatic carbocycles. The second-order valence-corrected chi connectivity index (χ2v) is 6.88. The minimum atomic E-state index is -1.11. The number of carbonyl (C=O) groups excluding carboxylic acids is 4. The van der Waals surface area contributed by atoms with Gasteiger partial charge in [-0.3, -0.25) is 14.4 Å². The van der Waals surface area contributed by atoms with Gasteiger partial charge < -0.3 is 19.7 Å². The molecule has 0 bridgehead atoms. The average molecular weight is 465 g/mol. The molecule has 0 saturated carbocycles. The number of hydrogen-bond donors (Lipinski definition) is 2. The van der Waals surface area contributed by atoms with Crippen molar-refractivity contribution in [3.8, 4) is 17.2 Å². The number of phenolic OH excluding ortho intramolecular Hbond substituents is 2. The van der Waals surface area contributed by atoms with Crippen LogP contribution in [0, 0.1) is 0 Å². The lowest BCUT2D eigenvalue weighted by Crippen LogP contribution is -2.18. The molecule has 0 aliphatic rings. The average Bonchev–Trinajstić information content (AvgIpc) is 2.63. The third-order valence-electron chi connectivity index (χ3n) is 3.87. The van der Waals surface area contributed by atoms with Crippen molar-refractivity contribution in [3.05, 3.63) is 51.0 Å². The van der Waals surface area contributed by atoms with Crippen LogP contribution in [0.25, 0.3) is 0 Å². The summed E-state index contributed by atoms with van der Waals surface area (Å²) in [6, 6.07) is 6.91. The van der Waals surface area contributed by atoms with Gasteiger partial charge in [-0.1, -0.05) is 34.1 Å². The van der Waals surface area contributed by atoms with Crippen LogP contribution in [0.5, 0.6) is 17.2 Å². The van der Waals surface area contributed by atoms with Crippen molar-refractivity contribution in [1.82, 2.24) is 0 Å². The smallest absolute Gasteiger partial charge is 0.340 e.